The highest BCUT2D eigenvalue weighted by atomic mass is 32.1. The minimum Gasteiger partial charge on any atom is -0.484 e. The van der Waals surface area contributed by atoms with Crippen LogP contribution in [0.5, 0.6) is 5.75 Å². The standard InChI is InChI=1S/C20H19N3O4S/c24-19(13-27-16-7-3-6-15(11-16)23(25)26)22-10-4-5-14(12-22)20-21-17-8-1-2-9-18(17)28-20/h1-3,6-9,11,14H,4-5,10,12-13H2/t14-/m1/s1. The van der Waals surface area contributed by atoms with Crippen LogP contribution in [-0.2, 0) is 4.79 Å². The molecule has 1 saturated heterocycles. The van der Waals surface area contributed by atoms with Gasteiger partial charge in [-0.05, 0) is 31.0 Å². The van der Waals surface area contributed by atoms with E-state index in [9.17, 15) is 14.9 Å². The summed E-state index contributed by atoms with van der Waals surface area (Å²) in [6, 6.07) is 13.9. The van der Waals surface area contributed by atoms with Crippen LogP contribution in [0.1, 0.15) is 23.8 Å². The van der Waals surface area contributed by atoms with Crippen LogP contribution in [0.25, 0.3) is 10.2 Å². The molecule has 2 heterocycles. The number of para-hydroxylation sites is 1. The van der Waals surface area contributed by atoms with Gasteiger partial charge >= 0.3 is 0 Å². The van der Waals surface area contributed by atoms with Crippen molar-refractivity contribution in [1.29, 1.82) is 0 Å². The average molecular weight is 397 g/mol. The van der Waals surface area contributed by atoms with E-state index in [0.29, 0.717) is 18.8 Å². The van der Waals surface area contributed by atoms with E-state index >= 15 is 0 Å². The Balaban J connectivity index is 1.39. The fourth-order valence-corrected chi connectivity index (χ4v) is 4.49. The zero-order chi connectivity index (χ0) is 19.5. The molecule has 7 nitrogen and oxygen atoms in total. The highest BCUT2D eigenvalue weighted by Gasteiger charge is 2.27. The number of benzene rings is 2. The smallest absolute Gasteiger partial charge is 0.273 e. The zero-order valence-corrected chi connectivity index (χ0v) is 15.9. The lowest BCUT2D eigenvalue weighted by Gasteiger charge is -2.31. The van der Waals surface area contributed by atoms with Crippen molar-refractivity contribution in [3.05, 3.63) is 63.7 Å². The van der Waals surface area contributed by atoms with E-state index in [4.69, 9.17) is 9.72 Å². The Hall–Kier alpha value is -3.00. The molecule has 1 aromatic heterocycles. The number of rotatable bonds is 5. The molecule has 3 aromatic rings. The van der Waals surface area contributed by atoms with Crippen LogP contribution in [-0.4, -0.2) is 40.4 Å². The Morgan fingerprint density at radius 1 is 1.29 bits per heavy atom. The fourth-order valence-electron chi connectivity index (χ4n) is 3.39. The van der Waals surface area contributed by atoms with Gasteiger partial charge in [0.15, 0.2) is 6.61 Å². The molecule has 1 atom stereocenters. The maximum atomic E-state index is 12.6. The van der Waals surface area contributed by atoms with Gasteiger partial charge in [-0.2, -0.15) is 0 Å². The molecule has 2 aromatic carbocycles. The Labute approximate surface area is 165 Å². The van der Waals surface area contributed by atoms with Crippen LogP contribution in [0, 0.1) is 10.1 Å². The number of likely N-dealkylation sites (tertiary alicyclic amines) is 1. The van der Waals surface area contributed by atoms with Crippen LogP contribution < -0.4 is 4.74 Å². The fraction of sp³-hybridized carbons (Fsp3) is 0.300. The molecule has 1 amide bonds. The number of thiazole rings is 1. The third-order valence-corrected chi connectivity index (χ3v) is 6.02. The lowest BCUT2D eigenvalue weighted by molar-refractivity contribution is -0.384. The van der Waals surface area contributed by atoms with Crippen molar-refractivity contribution in [2.75, 3.05) is 19.7 Å². The first-order valence-corrected chi connectivity index (χ1v) is 9.92. The summed E-state index contributed by atoms with van der Waals surface area (Å²) in [4.78, 5) is 29.5. The van der Waals surface area contributed by atoms with Crippen molar-refractivity contribution >= 4 is 33.1 Å². The number of ether oxygens (including phenoxy) is 1. The molecule has 0 saturated carbocycles. The Morgan fingerprint density at radius 3 is 2.96 bits per heavy atom. The second kappa shape index (κ2) is 7.93. The number of piperidine rings is 1. The topological polar surface area (TPSA) is 85.6 Å². The van der Waals surface area contributed by atoms with E-state index in [2.05, 4.69) is 6.07 Å². The van der Waals surface area contributed by atoms with Gasteiger partial charge in [-0.1, -0.05) is 18.2 Å². The second-order valence-corrected chi connectivity index (χ2v) is 7.80. The number of non-ortho nitro benzene ring substituents is 1. The monoisotopic (exact) mass is 397 g/mol. The molecule has 0 aliphatic carbocycles. The molecule has 1 fully saturated rings. The predicted molar refractivity (Wildman–Crippen MR) is 107 cm³/mol. The van der Waals surface area contributed by atoms with Crippen LogP contribution in [0.2, 0.25) is 0 Å². The molecule has 8 heteroatoms. The van der Waals surface area contributed by atoms with Crippen LogP contribution >= 0.6 is 11.3 Å². The molecule has 0 radical (unpaired) electrons. The van der Waals surface area contributed by atoms with Gasteiger partial charge in [0.1, 0.15) is 5.75 Å². The number of nitro benzene ring substituents is 1. The normalized spacial score (nSPS) is 16.9. The number of nitro groups is 1. The van der Waals surface area contributed by atoms with Crippen LogP contribution in [0.4, 0.5) is 5.69 Å². The summed E-state index contributed by atoms with van der Waals surface area (Å²) >= 11 is 1.69. The minimum absolute atomic E-state index is 0.0566. The number of carbonyl (C=O) groups is 1. The molecule has 0 bridgehead atoms. The molecule has 144 valence electrons. The third-order valence-electron chi connectivity index (χ3n) is 4.82. The highest BCUT2D eigenvalue weighted by molar-refractivity contribution is 7.18. The number of fused-ring (bicyclic) bond motifs is 1. The van der Waals surface area contributed by atoms with Gasteiger partial charge in [0, 0.05) is 25.1 Å². The molecule has 28 heavy (non-hydrogen) atoms. The molecule has 1 aliphatic heterocycles. The summed E-state index contributed by atoms with van der Waals surface area (Å²) in [5, 5.41) is 11.9. The summed E-state index contributed by atoms with van der Waals surface area (Å²) in [5.74, 6) is 0.438. The van der Waals surface area contributed by atoms with Crippen molar-refractivity contribution in [2.24, 2.45) is 0 Å². The number of nitrogens with zero attached hydrogens (tertiary/aromatic N) is 3. The predicted octanol–water partition coefficient (Wildman–Crippen LogP) is 3.99. The van der Waals surface area contributed by atoms with E-state index in [1.807, 2.05) is 18.2 Å². The Morgan fingerprint density at radius 2 is 2.14 bits per heavy atom. The first-order valence-electron chi connectivity index (χ1n) is 9.10. The quantitative estimate of drug-likeness (QED) is 0.480. The first kappa shape index (κ1) is 18.4. The molecule has 4 rings (SSSR count). The van der Waals surface area contributed by atoms with Crippen molar-refractivity contribution in [3.63, 3.8) is 0 Å². The lowest BCUT2D eigenvalue weighted by atomic mass is 9.99. The molecule has 1 aliphatic rings. The highest BCUT2D eigenvalue weighted by Crippen LogP contribution is 2.33. The summed E-state index contributed by atoms with van der Waals surface area (Å²) in [6.07, 6.45) is 1.93. The van der Waals surface area contributed by atoms with Gasteiger partial charge in [-0.15, -0.1) is 11.3 Å². The SMILES string of the molecule is O=C(COc1cccc([N+](=O)[O-])c1)N1CCC[C@@H](c2nc3ccccc3s2)C1. The molecule has 0 N–H and O–H groups in total. The van der Waals surface area contributed by atoms with Gasteiger partial charge < -0.3 is 9.64 Å². The van der Waals surface area contributed by atoms with Crippen molar-refractivity contribution in [1.82, 2.24) is 9.88 Å². The van der Waals surface area contributed by atoms with Gasteiger partial charge in [0.25, 0.3) is 11.6 Å². The number of aromatic nitrogens is 1. The largest absolute Gasteiger partial charge is 0.484 e. The number of carbonyl (C=O) groups excluding carboxylic acids is 1. The average Bonchev–Trinajstić information content (AvgIpc) is 3.16. The maximum absolute atomic E-state index is 12.6. The summed E-state index contributed by atoms with van der Waals surface area (Å²) < 4.78 is 6.65. The van der Waals surface area contributed by atoms with E-state index in [0.717, 1.165) is 28.1 Å². The molecular weight excluding hydrogens is 378 g/mol. The van der Waals surface area contributed by atoms with E-state index in [1.54, 1.807) is 28.4 Å². The number of amides is 1. The van der Waals surface area contributed by atoms with Crippen LogP contribution in [0.3, 0.4) is 0 Å². The molecule has 0 unspecified atom stereocenters. The van der Waals surface area contributed by atoms with E-state index in [1.165, 1.54) is 12.1 Å². The summed E-state index contributed by atoms with van der Waals surface area (Å²) in [5.41, 5.74) is 0.943. The van der Waals surface area contributed by atoms with E-state index < -0.39 is 4.92 Å². The van der Waals surface area contributed by atoms with Crippen LogP contribution in [0.15, 0.2) is 48.5 Å². The number of hydrogen-bond acceptors (Lipinski definition) is 6. The lowest BCUT2D eigenvalue weighted by Crippen LogP contribution is -2.41. The number of hydrogen-bond donors (Lipinski definition) is 0. The van der Waals surface area contributed by atoms with Crippen molar-refractivity contribution in [3.8, 4) is 5.75 Å². The minimum atomic E-state index is -0.484. The third kappa shape index (κ3) is 3.96. The Bertz CT molecular complexity index is 986. The first-order chi connectivity index (χ1) is 13.6. The maximum Gasteiger partial charge on any atom is 0.273 e. The summed E-state index contributed by atoms with van der Waals surface area (Å²) in [6.45, 7) is 1.18. The second-order valence-electron chi connectivity index (χ2n) is 6.74. The zero-order valence-electron chi connectivity index (χ0n) is 15.1. The van der Waals surface area contributed by atoms with Gasteiger partial charge in [0.05, 0.1) is 26.2 Å². The van der Waals surface area contributed by atoms with Gasteiger partial charge in [-0.3, -0.25) is 14.9 Å². The van der Waals surface area contributed by atoms with Crippen molar-refractivity contribution in [2.45, 2.75) is 18.8 Å². The molecule has 0 spiro atoms. The van der Waals surface area contributed by atoms with Gasteiger partial charge in [-0.25, -0.2) is 4.98 Å². The van der Waals surface area contributed by atoms with Gasteiger partial charge in [0.2, 0.25) is 0 Å². The Kier molecular flexibility index (Phi) is 5.21. The molecular formula is C20H19N3O4S. The summed E-state index contributed by atoms with van der Waals surface area (Å²) in [7, 11) is 0. The van der Waals surface area contributed by atoms with E-state index in [-0.39, 0.29) is 24.1 Å². The van der Waals surface area contributed by atoms with Crippen molar-refractivity contribution < 1.29 is 14.5 Å².